The number of nitro groups is 1. The van der Waals surface area contributed by atoms with E-state index in [2.05, 4.69) is 10.3 Å². The smallest absolute Gasteiger partial charge is 0.378 e. The number of anilines is 1. The molecule has 1 N–H and O–H groups in total. The number of nitrogens with zero attached hydrogens (tertiary/aromatic N) is 2. The monoisotopic (exact) mass is 227 g/mol. The molecule has 0 aromatic carbocycles. The van der Waals surface area contributed by atoms with E-state index in [4.69, 9.17) is 0 Å². The van der Waals surface area contributed by atoms with E-state index in [0.717, 1.165) is 18.7 Å². The van der Waals surface area contributed by atoms with Crippen LogP contribution >= 0.6 is 11.8 Å². The van der Waals surface area contributed by atoms with Crippen molar-refractivity contribution in [2.24, 2.45) is 0 Å². The first kappa shape index (κ1) is 11.8. The third-order valence-electron chi connectivity index (χ3n) is 1.80. The second kappa shape index (κ2) is 6.23. The van der Waals surface area contributed by atoms with E-state index < -0.39 is 4.92 Å². The molecule has 82 valence electrons. The summed E-state index contributed by atoms with van der Waals surface area (Å²) >= 11 is 1.76. The van der Waals surface area contributed by atoms with Gasteiger partial charge in [-0.3, -0.25) is 0 Å². The van der Waals surface area contributed by atoms with Crippen molar-refractivity contribution in [2.45, 2.75) is 6.42 Å². The van der Waals surface area contributed by atoms with Crippen LogP contribution in [-0.2, 0) is 0 Å². The maximum Gasteiger partial charge on any atom is 0.386 e. The molecular weight excluding hydrogens is 214 g/mol. The van der Waals surface area contributed by atoms with Crippen molar-refractivity contribution >= 4 is 23.3 Å². The summed E-state index contributed by atoms with van der Waals surface area (Å²) in [6, 6.07) is 3.36. The van der Waals surface area contributed by atoms with Crippen LogP contribution in [0.5, 0.6) is 0 Å². The van der Waals surface area contributed by atoms with Crippen LogP contribution in [0.15, 0.2) is 18.3 Å². The van der Waals surface area contributed by atoms with Crippen molar-refractivity contribution < 1.29 is 4.92 Å². The van der Waals surface area contributed by atoms with Crippen LogP contribution in [-0.4, -0.2) is 28.5 Å². The number of hydrogen-bond donors (Lipinski definition) is 1. The van der Waals surface area contributed by atoms with E-state index >= 15 is 0 Å². The van der Waals surface area contributed by atoms with E-state index in [1.54, 1.807) is 23.9 Å². The lowest BCUT2D eigenvalue weighted by Crippen LogP contribution is -2.05. The number of rotatable bonds is 6. The highest BCUT2D eigenvalue weighted by atomic mass is 32.2. The minimum Gasteiger partial charge on any atom is -0.378 e. The molecule has 5 nitrogen and oxygen atoms in total. The second-order valence-electron chi connectivity index (χ2n) is 2.90. The van der Waals surface area contributed by atoms with E-state index in [9.17, 15) is 10.1 Å². The lowest BCUT2D eigenvalue weighted by Gasteiger charge is -2.05. The number of thioether (sulfide) groups is 1. The average molecular weight is 227 g/mol. The van der Waals surface area contributed by atoms with Gasteiger partial charge in [0.15, 0.2) is 0 Å². The van der Waals surface area contributed by atoms with Gasteiger partial charge >= 0.3 is 5.82 Å². The van der Waals surface area contributed by atoms with Crippen LogP contribution in [0.2, 0.25) is 0 Å². The molecule has 0 fully saturated rings. The molecule has 1 heterocycles. The van der Waals surface area contributed by atoms with Crippen LogP contribution in [0, 0.1) is 10.1 Å². The quantitative estimate of drug-likeness (QED) is 0.458. The number of hydrogen-bond acceptors (Lipinski definition) is 5. The molecule has 0 aliphatic heterocycles. The molecule has 6 heteroatoms. The molecule has 1 aromatic rings. The summed E-state index contributed by atoms with van der Waals surface area (Å²) in [6.07, 6.45) is 4.44. The molecule has 0 unspecified atom stereocenters. The normalized spacial score (nSPS) is 9.93. The zero-order chi connectivity index (χ0) is 11.1. The van der Waals surface area contributed by atoms with Gasteiger partial charge in [0.25, 0.3) is 0 Å². The number of aromatic nitrogens is 1. The van der Waals surface area contributed by atoms with Crippen molar-refractivity contribution in [1.82, 2.24) is 4.98 Å². The van der Waals surface area contributed by atoms with Gasteiger partial charge in [-0.25, -0.2) is 0 Å². The summed E-state index contributed by atoms with van der Waals surface area (Å²) in [6.45, 7) is 0.730. The van der Waals surface area contributed by atoms with Crippen molar-refractivity contribution in [2.75, 3.05) is 23.9 Å². The Balaban J connectivity index is 2.56. The van der Waals surface area contributed by atoms with Gasteiger partial charge < -0.3 is 15.4 Å². The molecule has 0 aliphatic carbocycles. The zero-order valence-electron chi connectivity index (χ0n) is 8.47. The average Bonchev–Trinajstić information content (AvgIpc) is 2.25. The molecule has 0 saturated carbocycles. The molecule has 1 aromatic heterocycles. The molecule has 0 bridgehead atoms. The van der Waals surface area contributed by atoms with E-state index in [0.29, 0.717) is 5.69 Å². The fourth-order valence-electron chi connectivity index (χ4n) is 1.12. The molecule has 0 spiro atoms. The molecular formula is C9H13N3O2S. The van der Waals surface area contributed by atoms with Gasteiger partial charge in [-0.2, -0.15) is 11.8 Å². The van der Waals surface area contributed by atoms with Gasteiger partial charge in [-0.1, -0.05) is 0 Å². The first-order valence-corrected chi connectivity index (χ1v) is 5.97. The fourth-order valence-corrected chi connectivity index (χ4v) is 1.55. The molecule has 0 saturated heterocycles. The first-order chi connectivity index (χ1) is 7.25. The Kier molecular flexibility index (Phi) is 4.89. The topological polar surface area (TPSA) is 68.1 Å². The van der Waals surface area contributed by atoms with E-state index in [1.165, 1.54) is 6.20 Å². The Labute approximate surface area is 92.4 Å². The lowest BCUT2D eigenvalue weighted by atomic mass is 10.3. The summed E-state index contributed by atoms with van der Waals surface area (Å²) in [5, 5.41) is 13.6. The summed E-state index contributed by atoms with van der Waals surface area (Å²) in [4.78, 5) is 13.8. The second-order valence-corrected chi connectivity index (χ2v) is 3.89. The van der Waals surface area contributed by atoms with Crippen LogP contribution in [0.25, 0.3) is 0 Å². The summed E-state index contributed by atoms with van der Waals surface area (Å²) in [7, 11) is 0. The molecule has 0 aliphatic rings. The lowest BCUT2D eigenvalue weighted by molar-refractivity contribution is -0.388. The van der Waals surface area contributed by atoms with Crippen LogP contribution in [0.1, 0.15) is 6.42 Å². The minimum atomic E-state index is -0.475. The van der Waals surface area contributed by atoms with Crippen molar-refractivity contribution in [3.8, 4) is 0 Å². The standard InChI is InChI=1S/C9H13N3O2S/c1-15-7-3-6-10-8-4-2-5-11-9(8)12(13)14/h2,4-5,10H,3,6-7H2,1H3. The summed E-state index contributed by atoms with van der Waals surface area (Å²) < 4.78 is 0. The van der Waals surface area contributed by atoms with Gasteiger partial charge in [0.1, 0.15) is 11.9 Å². The summed E-state index contributed by atoms with van der Waals surface area (Å²) in [5.74, 6) is 0.933. The van der Waals surface area contributed by atoms with Crippen LogP contribution in [0.4, 0.5) is 11.5 Å². The molecule has 0 atom stereocenters. The Morgan fingerprint density at radius 2 is 2.47 bits per heavy atom. The maximum atomic E-state index is 10.6. The predicted octanol–water partition coefficient (Wildman–Crippen LogP) is 2.15. The minimum absolute atomic E-state index is 0.110. The maximum absolute atomic E-state index is 10.6. The highest BCUT2D eigenvalue weighted by Crippen LogP contribution is 2.19. The highest BCUT2D eigenvalue weighted by molar-refractivity contribution is 7.98. The van der Waals surface area contributed by atoms with Gasteiger partial charge in [0.05, 0.1) is 0 Å². The van der Waals surface area contributed by atoms with Crippen molar-refractivity contribution in [1.29, 1.82) is 0 Å². The summed E-state index contributed by atoms with van der Waals surface area (Å²) in [5.41, 5.74) is 0.489. The van der Waals surface area contributed by atoms with Gasteiger partial charge in [-0.15, -0.1) is 0 Å². The molecule has 0 amide bonds. The largest absolute Gasteiger partial charge is 0.386 e. The van der Waals surface area contributed by atoms with Gasteiger partial charge in [0, 0.05) is 6.54 Å². The number of nitrogens with one attached hydrogen (secondary N) is 1. The zero-order valence-corrected chi connectivity index (χ0v) is 9.29. The Morgan fingerprint density at radius 3 is 3.13 bits per heavy atom. The third-order valence-corrected chi connectivity index (χ3v) is 2.50. The fraction of sp³-hybridized carbons (Fsp3) is 0.444. The van der Waals surface area contributed by atoms with Gasteiger partial charge in [0.2, 0.25) is 0 Å². The molecule has 1 rings (SSSR count). The SMILES string of the molecule is CSCCCNc1cccnc1[N+](=O)[O-]. The first-order valence-electron chi connectivity index (χ1n) is 4.58. The van der Waals surface area contributed by atoms with Crippen molar-refractivity contribution in [3.63, 3.8) is 0 Å². The Bertz CT molecular complexity index is 333. The Hall–Kier alpha value is -1.30. The van der Waals surface area contributed by atoms with E-state index in [-0.39, 0.29) is 5.82 Å². The number of pyridine rings is 1. The molecule has 0 radical (unpaired) electrons. The Morgan fingerprint density at radius 1 is 1.67 bits per heavy atom. The predicted molar refractivity (Wildman–Crippen MR) is 62.4 cm³/mol. The molecule has 15 heavy (non-hydrogen) atoms. The van der Waals surface area contributed by atoms with Gasteiger partial charge in [-0.05, 0) is 40.5 Å². The highest BCUT2D eigenvalue weighted by Gasteiger charge is 2.12. The van der Waals surface area contributed by atoms with E-state index in [1.807, 2.05) is 6.26 Å². The van der Waals surface area contributed by atoms with Crippen molar-refractivity contribution in [3.05, 3.63) is 28.4 Å². The van der Waals surface area contributed by atoms with Crippen LogP contribution < -0.4 is 5.32 Å². The third kappa shape index (κ3) is 3.75. The van der Waals surface area contributed by atoms with Crippen LogP contribution in [0.3, 0.4) is 0 Å².